The van der Waals surface area contributed by atoms with Gasteiger partial charge in [-0.3, -0.25) is 14.4 Å². The summed E-state index contributed by atoms with van der Waals surface area (Å²) in [6, 6.07) is 12.6. The molecule has 0 unspecified atom stereocenters. The zero-order chi connectivity index (χ0) is 23.1. The molecule has 31 heavy (non-hydrogen) atoms. The molecule has 0 radical (unpaired) electrons. The van der Waals surface area contributed by atoms with E-state index in [1.165, 1.54) is 13.8 Å². The molecule has 0 bridgehead atoms. The number of hydrogen-bond acceptors (Lipinski definition) is 5. The minimum Gasteiger partial charge on any atom is -0.451 e. The van der Waals surface area contributed by atoms with Crippen LogP contribution in [0.5, 0.6) is 0 Å². The summed E-state index contributed by atoms with van der Waals surface area (Å²) in [6.07, 6.45) is -1.09. The Labute approximate surface area is 182 Å². The molecular weight excluding hydrogens is 396 g/mol. The SMILES string of the molecule is CC(=O)c1cccc(NC(=O)[C@@H](C)OC(=O)[C@@H](NC(=O)c2ccccc2C)C(C)C)c1. The Morgan fingerprint density at radius 1 is 0.935 bits per heavy atom. The number of anilines is 1. The molecule has 0 aliphatic carbocycles. The average molecular weight is 424 g/mol. The van der Waals surface area contributed by atoms with Crippen LogP contribution in [-0.4, -0.2) is 35.7 Å². The van der Waals surface area contributed by atoms with Crippen LogP contribution in [0.1, 0.15) is 54.0 Å². The van der Waals surface area contributed by atoms with Crippen molar-refractivity contribution in [3.63, 3.8) is 0 Å². The fourth-order valence-corrected chi connectivity index (χ4v) is 2.91. The van der Waals surface area contributed by atoms with E-state index in [2.05, 4.69) is 10.6 Å². The van der Waals surface area contributed by atoms with E-state index >= 15 is 0 Å². The summed E-state index contributed by atoms with van der Waals surface area (Å²) in [5.41, 5.74) is 2.14. The number of Topliss-reactive ketones (excluding diaryl/α,β-unsaturated/α-hetero) is 1. The molecule has 7 nitrogen and oxygen atoms in total. The van der Waals surface area contributed by atoms with E-state index in [-0.39, 0.29) is 17.6 Å². The number of esters is 1. The summed E-state index contributed by atoms with van der Waals surface area (Å²) in [4.78, 5) is 49.2. The minimum absolute atomic E-state index is 0.125. The topological polar surface area (TPSA) is 102 Å². The zero-order valence-electron chi connectivity index (χ0n) is 18.4. The van der Waals surface area contributed by atoms with Gasteiger partial charge in [-0.2, -0.15) is 0 Å². The van der Waals surface area contributed by atoms with E-state index in [1.807, 2.05) is 19.1 Å². The highest BCUT2D eigenvalue weighted by atomic mass is 16.5. The van der Waals surface area contributed by atoms with Crippen LogP contribution in [-0.2, 0) is 14.3 Å². The number of carbonyl (C=O) groups is 4. The molecule has 2 aromatic carbocycles. The Kier molecular flexibility index (Phi) is 8.07. The number of aryl methyl sites for hydroxylation is 1. The molecule has 0 aromatic heterocycles. The summed E-state index contributed by atoms with van der Waals surface area (Å²) in [6.45, 7) is 8.25. The fourth-order valence-electron chi connectivity index (χ4n) is 2.91. The summed E-state index contributed by atoms with van der Waals surface area (Å²) in [5.74, 6) is -1.99. The highest BCUT2D eigenvalue weighted by Crippen LogP contribution is 2.14. The normalized spacial score (nSPS) is 12.6. The van der Waals surface area contributed by atoms with E-state index in [0.29, 0.717) is 16.8 Å². The molecule has 0 saturated carbocycles. The zero-order valence-corrected chi connectivity index (χ0v) is 18.4. The number of hydrogen-bond donors (Lipinski definition) is 2. The van der Waals surface area contributed by atoms with Crippen molar-refractivity contribution in [3.05, 3.63) is 65.2 Å². The van der Waals surface area contributed by atoms with Gasteiger partial charge in [0, 0.05) is 16.8 Å². The van der Waals surface area contributed by atoms with Crippen LogP contribution in [0.15, 0.2) is 48.5 Å². The molecule has 2 N–H and O–H groups in total. The van der Waals surface area contributed by atoms with Gasteiger partial charge in [0.15, 0.2) is 11.9 Å². The van der Waals surface area contributed by atoms with Gasteiger partial charge in [0.1, 0.15) is 6.04 Å². The first-order chi connectivity index (χ1) is 14.6. The second-order valence-corrected chi connectivity index (χ2v) is 7.72. The lowest BCUT2D eigenvalue weighted by Gasteiger charge is -2.23. The molecular formula is C24H28N2O5. The van der Waals surface area contributed by atoms with Crippen molar-refractivity contribution in [3.8, 4) is 0 Å². The summed E-state index contributed by atoms with van der Waals surface area (Å²) in [5, 5.41) is 5.33. The largest absolute Gasteiger partial charge is 0.451 e. The highest BCUT2D eigenvalue weighted by molar-refractivity contribution is 6.00. The average Bonchev–Trinajstić information content (AvgIpc) is 2.71. The van der Waals surface area contributed by atoms with Crippen molar-refractivity contribution in [2.45, 2.75) is 46.8 Å². The van der Waals surface area contributed by atoms with Gasteiger partial charge in [0.2, 0.25) is 0 Å². The molecule has 2 aromatic rings. The van der Waals surface area contributed by atoms with Gasteiger partial charge in [0.05, 0.1) is 0 Å². The fraction of sp³-hybridized carbons (Fsp3) is 0.333. The second kappa shape index (κ2) is 10.5. The van der Waals surface area contributed by atoms with Crippen molar-refractivity contribution >= 4 is 29.3 Å². The first-order valence-electron chi connectivity index (χ1n) is 10.1. The van der Waals surface area contributed by atoms with E-state index in [0.717, 1.165) is 5.56 Å². The summed E-state index contributed by atoms with van der Waals surface area (Å²) in [7, 11) is 0. The lowest BCUT2D eigenvalue weighted by atomic mass is 10.0. The van der Waals surface area contributed by atoms with Gasteiger partial charge >= 0.3 is 5.97 Å². The monoisotopic (exact) mass is 424 g/mol. The van der Waals surface area contributed by atoms with Gasteiger partial charge in [-0.05, 0) is 50.5 Å². The Bertz CT molecular complexity index is 983. The number of ketones is 1. The Morgan fingerprint density at radius 2 is 1.61 bits per heavy atom. The molecule has 7 heteroatoms. The third-order valence-corrected chi connectivity index (χ3v) is 4.80. The van der Waals surface area contributed by atoms with E-state index in [1.54, 1.807) is 50.2 Å². The van der Waals surface area contributed by atoms with Crippen molar-refractivity contribution in [2.24, 2.45) is 5.92 Å². The third-order valence-electron chi connectivity index (χ3n) is 4.80. The maximum absolute atomic E-state index is 12.7. The molecule has 2 atom stereocenters. The van der Waals surface area contributed by atoms with Gasteiger partial charge in [-0.15, -0.1) is 0 Å². The predicted molar refractivity (Wildman–Crippen MR) is 118 cm³/mol. The molecule has 0 heterocycles. The maximum atomic E-state index is 12.7. The number of carbonyl (C=O) groups excluding carboxylic acids is 4. The molecule has 0 fully saturated rings. The van der Waals surface area contributed by atoms with Crippen LogP contribution >= 0.6 is 0 Å². The molecule has 2 rings (SSSR count). The number of amides is 2. The molecule has 0 aliphatic heterocycles. The number of benzene rings is 2. The quantitative estimate of drug-likeness (QED) is 0.499. The van der Waals surface area contributed by atoms with Crippen LogP contribution in [0.2, 0.25) is 0 Å². The van der Waals surface area contributed by atoms with Crippen molar-refractivity contribution in [1.82, 2.24) is 5.32 Å². The standard InChI is InChI=1S/C24H28N2O5/c1-14(2)21(26-23(29)20-12-7-6-9-15(20)3)24(30)31-17(5)22(28)25-19-11-8-10-18(13-19)16(4)27/h6-14,17,21H,1-5H3,(H,25,28)(H,26,29)/t17-,21+/m1/s1. The number of ether oxygens (including phenoxy) is 1. The van der Waals surface area contributed by atoms with Gasteiger partial charge in [-0.1, -0.05) is 44.2 Å². The third kappa shape index (κ3) is 6.50. The summed E-state index contributed by atoms with van der Waals surface area (Å²) >= 11 is 0. The molecule has 0 aliphatic rings. The van der Waals surface area contributed by atoms with Crippen LogP contribution in [0.25, 0.3) is 0 Å². The lowest BCUT2D eigenvalue weighted by molar-refractivity contribution is -0.156. The van der Waals surface area contributed by atoms with E-state index in [4.69, 9.17) is 4.74 Å². The summed E-state index contributed by atoms with van der Waals surface area (Å²) < 4.78 is 5.32. The molecule has 0 spiro atoms. The van der Waals surface area contributed by atoms with Crippen LogP contribution in [0, 0.1) is 12.8 Å². The Morgan fingerprint density at radius 3 is 2.23 bits per heavy atom. The van der Waals surface area contributed by atoms with Crippen LogP contribution < -0.4 is 10.6 Å². The van der Waals surface area contributed by atoms with Crippen LogP contribution in [0.3, 0.4) is 0 Å². The number of nitrogens with one attached hydrogen (secondary N) is 2. The van der Waals surface area contributed by atoms with E-state index in [9.17, 15) is 19.2 Å². The Balaban J connectivity index is 2.03. The van der Waals surface area contributed by atoms with Gasteiger partial charge in [-0.25, -0.2) is 4.79 Å². The first kappa shape index (κ1) is 23.8. The lowest BCUT2D eigenvalue weighted by Crippen LogP contribution is -2.47. The molecule has 164 valence electrons. The predicted octanol–water partition coefficient (Wildman–Crippen LogP) is 3.52. The minimum atomic E-state index is -1.09. The van der Waals surface area contributed by atoms with Crippen molar-refractivity contribution in [2.75, 3.05) is 5.32 Å². The van der Waals surface area contributed by atoms with Gasteiger partial charge in [0.25, 0.3) is 11.8 Å². The molecule has 0 saturated heterocycles. The van der Waals surface area contributed by atoms with E-state index < -0.39 is 24.0 Å². The van der Waals surface area contributed by atoms with Crippen molar-refractivity contribution in [1.29, 1.82) is 0 Å². The van der Waals surface area contributed by atoms with Crippen LogP contribution in [0.4, 0.5) is 5.69 Å². The van der Waals surface area contributed by atoms with Crippen molar-refractivity contribution < 1.29 is 23.9 Å². The van der Waals surface area contributed by atoms with Gasteiger partial charge < -0.3 is 15.4 Å². The Hall–Kier alpha value is -3.48. The first-order valence-corrected chi connectivity index (χ1v) is 10.1. The maximum Gasteiger partial charge on any atom is 0.329 e. The molecule has 2 amide bonds. The second-order valence-electron chi connectivity index (χ2n) is 7.72. The number of rotatable bonds is 8. The highest BCUT2D eigenvalue weighted by Gasteiger charge is 2.29. The smallest absolute Gasteiger partial charge is 0.329 e.